The van der Waals surface area contributed by atoms with Gasteiger partial charge in [-0.25, -0.2) is 0 Å². The van der Waals surface area contributed by atoms with E-state index >= 15 is 14.4 Å². The molecule has 27 heteroatoms. The van der Waals surface area contributed by atoms with Crippen LogP contribution >= 0.6 is 23.5 Å². The number of carbonyl (C=O) groups excluding carboxylic acids is 10. The quantitative estimate of drug-likeness (QED) is 0.0793. The summed E-state index contributed by atoms with van der Waals surface area (Å²) in [7, 11) is 7.28. The van der Waals surface area contributed by atoms with E-state index in [1.54, 1.807) is 93.6 Å². The third-order valence-corrected chi connectivity index (χ3v) is 20.2. The normalized spacial score (nSPS) is 25.0. The largest absolute Gasteiger partial charge is 0.497 e. The fourth-order valence-corrected chi connectivity index (χ4v) is 14.0. The van der Waals surface area contributed by atoms with E-state index in [1.807, 2.05) is 38.1 Å². The number of nitrogens with one attached hydrogen (secondary N) is 7. The van der Waals surface area contributed by atoms with E-state index in [4.69, 9.17) is 29.4 Å². The van der Waals surface area contributed by atoms with E-state index in [-0.39, 0.29) is 69.7 Å². The molecule has 532 valence electrons. The van der Waals surface area contributed by atoms with Gasteiger partial charge in [-0.2, -0.15) is 23.5 Å². The highest BCUT2D eigenvalue weighted by Crippen LogP contribution is 2.32. The standard InChI is InChI=1S/C71H96N10O15S2/c1-42(2)34-53-63(84)73-54(36-45-17-23-50(94-8)24-18-45)64(85)75-55(37-46-19-25-51(95-9)26-20-46)68(89)80-31-12-16-58(80)65(86)79-61(44(4)93-7)67(88)76-56(38-47-21-27-52(96-10)28-22-47)69(90)81-32-13-30-71(81,5)70(91)77-57(62(72)83)41-98-40-49-15-11-14-48(35-49)39-97-33-29-59(82)78-60(43(3)92-6)66(87)74-53/h11,14-15,17-28,35,42-44,53-58,60-61H,12-13,16,29-34,36-41H2,1-10H3,(H2,72,83)(H,73,84)(H,74,87)(H,75,85)(H,76,88)(H,77,91)(H,78,82)(H,79,86)/t43-,44-,53+,54+,55+,56+,57+,58+,60?,61?,71+/m1/s1. The third kappa shape index (κ3) is 21.3. The number of nitrogens with two attached hydrogens (primary N) is 1. The van der Waals surface area contributed by atoms with E-state index in [0.717, 1.165) is 11.1 Å². The summed E-state index contributed by atoms with van der Waals surface area (Å²) >= 11 is 2.88. The molecule has 11 atom stereocenters. The molecule has 2 bridgehead atoms. The molecule has 10 amide bonds. The number of rotatable bonds is 16. The highest BCUT2D eigenvalue weighted by Gasteiger charge is 2.49. The molecule has 4 aromatic rings. The molecule has 0 aromatic heterocycles. The first-order valence-corrected chi connectivity index (χ1v) is 35.4. The smallest absolute Gasteiger partial charge is 0.246 e. The van der Waals surface area contributed by atoms with Gasteiger partial charge in [0.05, 0.1) is 33.5 Å². The van der Waals surface area contributed by atoms with Crippen LogP contribution in [-0.2, 0) is 88.2 Å². The zero-order valence-corrected chi connectivity index (χ0v) is 59.2. The predicted molar refractivity (Wildman–Crippen MR) is 373 cm³/mol. The first kappa shape index (κ1) is 77.0. The van der Waals surface area contributed by atoms with Gasteiger partial charge in [0.15, 0.2) is 0 Å². The fraction of sp³-hybridized carbons (Fsp3) is 0.521. The SMILES string of the molecule is COc1ccc(C[C@@H]2NC(=O)[C@H](CC(C)C)NC(=O)C([C@@H](C)OC)NC(=O)CCSCc3cccc(c3)CSC[C@@H](C(N)=O)NC(=O)[C@]3(C)CCCN3C(=O)[C@H](Cc3ccc(OC)cc3)NC(=O)C([C@@H](C)OC)NC(=O)[C@@H]3CCCN3C(=O)[C@H](Cc3ccc(OC)cc3)NC2=O)cc1. The van der Waals surface area contributed by atoms with Gasteiger partial charge in [0, 0.05) is 76.0 Å². The molecular weight excluding hydrogens is 1300 g/mol. The number of primary amides is 1. The predicted octanol–water partition coefficient (Wildman–Crippen LogP) is 3.68. The second-order valence-corrected chi connectivity index (χ2v) is 27.7. The third-order valence-electron chi connectivity index (χ3n) is 18.0. The number of hydrogen-bond donors (Lipinski definition) is 8. The number of fused-ring (bicyclic) bond motifs is 4. The summed E-state index contributed by atoms with van der Waals surface area (Å²) in [6, 6.07) is 18.1. The average Bonchev–Trinajstić information content (AvgIpc) is 1.59. The zero-order chi connectivity index (χ0) is 71.2. The molecule has 98 heavy (non-hydrogen) atoms. The van der Waals surface area contributed by atoms with Crippen LogP contribution in [0.4, 0.5) is 0 Å². The monoisotopic (exact) mass is 1390 g/mol. The first-order chi connectivity index (χ1) is 46.9. The molecule has 3 aliphatic rings. The van der Waals surface area contributed by atoms with Crippen LogP contribution in [0.3, 0.4) is 0 Å². The zero-order valence-electron chi connectivity index (χ0n) is 57.6. The molecule has 7 rings (SSSR count). The van der Waals surface area contributed by atoms with E-state index in [2.05, 4.69) is 37.2 Å². The van der Waals surface area contributed by atoms with Crippen molar-refractivity contribution in [1.82, 2.24) is 47.0 Å². The highest BCUT2D eigenvalue weighted by molar-refractivity contribution is 7.98. The number of amides is 10. The fourth-order valence-electron chi connectivity index (χ4n) is 12.1. The number of hydrogen-bond acceptors (Lipinski definition) is 17. The van der Waals surface area contributed by atoms with Crippen molar-refractivity contribution in [1.29, 1.82) is 0 Å². The lowest BCUT2D eigenvalue weighted by atomic mass is 9.95. The summed E-state index contributed by atoms with van der Waals surface area (Å²) in [4.78, 5) is 149. The molecule has 3 heterocycles. The minimum absolute atomic E-state index is 0.0339. The van der Waals surface area contributed by atoms with Crippen molar-refractivity contribution < 1.29 is 71.6 Å². The Hall–Kier alpha value is -8.40. The maximum Gasteiger partial charge on any atom is 0.246 e. The maximum absolute atomic E-state index is 15.4. The Balaban J connectivity index is 1.25. The second kappa shape index (κ2) is 37.0. The minimum Gasteiger partial charge on any atom is -0.497 e. The van der Waals surface area contributed by atoms with Gasteiger partial charge in [0.1, 0.15) is 71.1 Å². The van der Waals surface area contributed by atoms with Crippen molar-refractivity contribution in [2.75, 3.05) is 60.1 Å². The maximum atomic E-state index is 15.4. The summed E-state index contributed by atoms with van der Waals surface area (Å²) in [5.41, 5.74) is 8.15. The van der Waals surface area contributed by atoms with Crippen LogP contribution in [0.1, 0.15) is 101 Å². The number of benzene rings is 4. The molecule has 3 aliphatic heterocycles. The summed E-state index contributed by atoms with van der Waals surface area (Å²) < 4.78 is 27.5. The van der Waals surface area contributed by atoms with Crippen molar-refractivity contribution in [3.63, 3.8) is 0 Å². The molecule has 0 aliphatic carbocycles. The molecule has 2 fully saturated rings. The Labute approximate surface area is 582 Å². The number of nitrogens with zero attached hydrogens (tertiary/aromatic N) is 2. The minimum atomic E-state index is -1.50. The van der Waals surface area contributed by atoms with Crippen molar-refractivity contribution in [2.24, 2.45) is 11.7 Å². The Kier molecular flexibility index (Phi) is 29.0. The molecule has 0 radical (unpaired) electrons. The van der Waals surface area contributed by atoms with Crippen LogP contribution in [0.5, 0.6) is 17.2 Å². The van der Waals surface area contributed by atoms with Gasteiger partial charge in [-0.3, -0.25) is 47.9 Å². The van der Waals surface area contributed by atoms with E-state index < -0.39 is 125 Å². The van der Waals surface area contributed by atoms with Crippen LogP contribution in [0.25, 0.3) is 0 Å². The number of methoxy groups -OCH3 is 5. The molecule has 0 spiro atoms. The first-order valence-electron chi connectivity index (χ1n) is 33.1. The number of ether oxygens (including phenoxy) is 5. The second-order valence-electron chi connectivity index (χ2n) is 25.6. The van der Waals surface area contributed by atoms with Gasteiger partial charge in [0.25, 0.3) is 0 Å². The Bertz CT molecular complexity index is 3400. The summed E-state index contributed by atoms with van der Waals surface area (Å²) in [5, 5.41) is 20.0. The molecule has 0 saturated carbocycles. The molecule has 2 unspecified atom stereocenters. The lowest BCUT2D eigenvalue weighted by molar-refractivity contribution is -0.147. The van der Waals surface area contributed by atoms with Gasteiger partial charge in [-0.1, -0.05) is 74.5 Å². The van der Waals surface area contributed by atoms with Crippen molar-refractivity contribution in [3.05, 3.63) is 125 Å². The summed E-state index contributed by atoms with van der Waals surface area (Å²) in [6.07, 6.45) is -0.848. The van der Waals surface area contributed by atoms with E-state index in [0.29, 0.717) is 64.0 Å². The van der Waals surface area contributed by atoms with Crippen molar-refractivity contribution in [2.45, 2.75) is 170 Å². The Morgan fingerprint density at radius 3 is 1.56 bits per heavy atom. The molecule has 9 N–H and O–H groups in total. The van der Waals surface area contributed by atoms with Gasteiger partial charge in [0.2, 0.25) is 59.1 Å². The van der Waals surface area contributed by atoms with Crippen LogP contribution in [0.15, 0.2) is 97.1 Å². The number of thioether (sulfide) groups is 2. The molecule has 25 nitrogen and oxygen atoms in total. The lowest BCUT2D eigenvalue weighted by Gasteiger charge is -2.37. The molecule has 4 aromatic carbocycles. The lowest BCUT2D eigenvalue weighted by Crippen LogP contribution is -2.64. The van der Waals surface area contributed by atoms with E-state index in [1.165, 1.54) is 68.9 Å². The van der Waals surface area contributed by atoms with Crippen LogP contribution in [0, 0.1) is 5.92 Å². The highest BCUT2D eigenvalue weighted by atomic mass is 32.2. The topological polar surface area (TPSA) is 334 Å². The van der Waals surface area contributed by atoms with Gasteiger partial charge in [-0.15, -0.1) is 0 Å². The van der Waals surface area contributed by atoms with Crippen molar-refractivity contribution in [3.8, 4) is 17.2 Å². The Morgan fingerprint density at radius 1 is 0.561 bits per heavy atom. The van der Waals surface area contributed by atoms with Crippen LogP contribution < -0.4 is 57.2 Å². The van der Waals surface area contributed by atoms with Gasteiger partial charge in [-0.05, 0) is 123 Å². The molecule has 2 saturated heterocycles. The van der Waals surface area contributed by atoms with Crippen molar-refractivity contribution >= 4 is 82.6 Å². The molecular formula is C71H96N10O15S2. The van der Waals surface area contributed by atoms with Gasteiger partial charge < -0.3 is 76.4 Å². The summed E-state index contributed by atoms with van der Waals surface area (Å²) in [6.45, 7) is 8.71. The van der Waals surface area contributed by atoms with E-state index in [9.17, 15) is 33.6 Å². The average molecular weight is 1390 g/mol. The summed E-state index contributed by atoms with van der Waals surface area (Å²) in [5.74, 6) is -3.92. The number of carbonyl (C=O) groups is 10. The van der Waals surface area contributed by atoms with Crippen LogP contribution in [-0.4, -0.2) is 195 Å². The van der Waals surface area contributed by atoms with Crippen LogP contribution in [0.2, 0.25) is 0 Å². The van der Waals surface area contributed by atoms with Gasteiger partial charge >= 0.3 is 0 Å². The Morgan fingerprint density at radius 2 is 1.04 bits per heavy atom.